The first-order valence-corrected chi connectivity index (χ1v) is 7.33. The quantitative estimate of drug-likeness (QED) is 0.415. The predicted octanol–water partition coefficient (Wildman–Crippen LogP) is 4.59. The van der Waals surface area contributed by atoms with Gasteiger partial charge >= 0.3 is 0 Å². The Morgan fingerprint density at radius 3 is 2.55 bits per heavy atom. The minimum Gasteiger partial charge on any atom is -0.391 e. The van der Waals surface area contributed by atoms with Crippen molar-refractivity contribution in [3.63, 3.8) is 0 Å². The van der Waals surface area contributed by atoms with E-state index in [1.807, 2.05) is 42.5 Å². The molecule has 0 unspecified atom stereocenters. The molecule has 1 N–H and O–H groups in total. The average Bonchev–Trinajstić information content (AvgIpc) is 2.49. The average molecular weight is 268 g/mol. The molecule has 0 aliphatic heterocycles. The van der Waals surface area contributed by atoms with Gasteiger partial charge in [-0.15, -0.1) is 6.58 Å². The maximum atomic E-state index is 9.31. The van der Waals surface area contributed by atoms with Gasteiger partial charge in [-0.3, -0.25) is 0 Å². The minimum absolute atomic E-state index is 0.00122. The molecule has 1 aromatic rings. The third-order valence-corrected chi connectivity index (χ3v) is 3.02. The number of hydrogen-bond donors (Lipinski definition) is 1. The summed E-state index contributed by atoms with van der Waals surface area (Å²) in [6, 6.07) is 9.97. The Morgan fingerprint density at radius 1 is 1.10 bits per heavy atom. The Morgan fingerprint density at radius 2 is 1.85 bits per heavy atom. The zero-order chi connectivity index (χ0) is 14.5. The fourth-order valence-corrected chi connectivity index (χ4v) is 1.90. The molecule has 0 aromatic heterocycles. The van der Waals surface area contributed by atoms with Gasteiger partial charge in [-0.05, 0) is 30.9 Å². The Bertz CT molecular complexity index is 460. The predicted molar refractivity (Wildman–Crippen MR) is 87.2 cm³/mol. The number of aliphatic hydroxyl groups is 1. The van der Waals surface area contributed by atoms with Gasteiger partial charge in [0.25, 0.3) is 0 Å². The van der Waals surface area contributed by atoms with Gasteiger partial charge in [0.2, 0.25) is 0 Å². The maximum Gasteiger partial charge on any atom is 0.0760 e. The molecular formula is C19H24O. The number of hydrogen-bond acceptors (Lipinski definition) is 1. The molecule has 0 bridgehead atoms. The van der Waals surface area contributed by atoms with Gasteiger partial charge in [0, 0.05) is 12.0 Å². The zero-order valence-corrected chi connectivity index (χ0v) is 12.1. The van der Waals surface area contributed by atoms with Gasteiger partial charge in [0.15, 0.2) is 0 Å². The molecule has 20 heavy (non-hydrogen) atoms. The first kappa shape index (κ1) is 16.3. The molecule has 0 radical (unpaired) electrons. The van der Waals surface area contributed by atoms with Crippen LogP contribution in [0.3, 0.4) is 0 Å². The Labute approximate surface area is 123 Å². The van der Waals surface area contributed by atoms with E-state index in [0.29, 0.717) is 0 Å². The standard InChI is InChI=1S/C19H24O/c1-2-3-4-5-6-7-8-10-15-19(17-20)16-18-13-11-9-12-14-18/h2,9,11-14,16,20H,1,3-8,17H2/b19-16+. The third kappa shape index (κ3) is 7.61. The summed E-state index contributed by atoms with van der Waals surface area (Å²) in [6.45, 7) is 3.72. The fraction of sp³-hybridized carbons (Fsp3) is 0.368. The lowest BCUT2D eigenvalue weighted by Crippen LogP contribution is -1.87. The van der Waals surface area contributed by atoms with E-state index in [1.165, 1.54) is 19.3 Å². The van der Waals surface area contributed by atoms with Crippen molar-refractivity contribution in [2.75, 3.05) is 6.61 Å². The summed E-state index contributed by atoms with van der Waals surface area (Å²) in [6.07, 6.45) is 10.8. The van der Waals surface area contributed by atoms with Crippen LogP contribution in [0.25, 0.3) is 6.08 Å². The van der Waals surface area contributed by atoms with Crippen LogP contribution >= 0.6 is 0 Å². The van der Waals surface area contributed by atoms with Crippen molar-refractivity contribution >= 4 is 6.08 Å². The van der Waals surface area contributed by atoms with Crippen LogP contribution in [0.15, 0.2) is 48.6 Å². The molecule has 1 nitrogen and oxygen atoms in total. The normalized spacial score (nSPS) is 10.8. The topological polar surface area (TPSA) is 20.2 Å². The van der Waals surface area contributed by atoms with E-state index in [2.05, 4.69) is 18.4 Å². The van der Waals surface area contributed by atoms with Crippen LogP contribution < -0.4 is 0 Å². The largest absolute Gasteiger partial charge is 0.391 e. The Kier molecular flexibility index (Phi) is 9.02. The molecule has 0 saturated carbocycles. The molecule has 0 amide bonds. The number of allylic oxidation sites excluding steroid dienone is 1. The van der Waals surface area contributed by atoms with E-state index >= 15 is 0 Å². The summed E-state index contributed by atoms with van der Waals surface area (Å²) in [7, 11) is 0. The van der Waals surface area contributed by atoms with Crippen LogP contribution in [0.5, 0.6) is 0 Å². The fourth-order valence-electron chi connectivity index (χ4n) is 1.90. The lowest BCUT2D eigenvalue weighted by Gasteiger charge is -1.96. The van der Waals surface area contributed by atoms with E-state index in [9.17, 15) is 5.11 Å². The summed E-state index contributed by atoms with van der Waals surface area (Å²) in [5.41, 5.74) is 1.86. The molecule has 0 heterocycles. The second-order valence-corrected chi connectivity index (χ2v) is 4.78. The van der Waals surface area contributed by atoms with Crippen LogP contribution in [-0.2, 0) is 0 Å². The number of benzene rings is 1. The number of unbranched alkanes of at least 4 members (excludes halogenated alkanes) is 5. The molecule has 0 atom stereocenters. The van der Waals surface area contributed by atoms with Gasteiger partial charge in [-0.1, -0.05) is 61.1 Å². The summed E-state index contributed by atoms with van der Waals surface area (Å²) >= 11 is 0. The lowest BCUT2D eigenvalue weighted by atomic mass is 10.1. The molecule has 106 valence electrons. The van der Waals surface area contributed by atoms with Gasteiger partial charge < -0.3 is 5.11 Å². The van der Waals surface area contributed by atoms with Crippen molar-refractivity contribution in [3.05, 3.63) is 54.1 Å². The van der Waals surface area contributed by atoms with Crippen molar-refractivity contribution in [2.24, 2.45) is 0 Å². The van der Waals surface area contributed by atoms with Crippen LogP contribution in [0.4, 0.5) is 0 Å². The first-order valence-electron chi connectivity index (χ1n) is 7.33. The van der Waals surface area contributed by atoms with Gasteiger partial charge in [-0.2, -0.15) is 0 Å². The highest BCUT2D eigenvalue weighted by Gasteiger charge is 1.91. The van der Waals surface area contributed by atoms with Crippen LogP contribution in [0.1, 0.15) is 44.1 Å². The van der Waals surface area contributed by atoms with Gasteiger partial charge in [-0.25, -0.2) is 0 Å². The molecule has 1 heteroatoms. The highest BCUT2D eigenvalue weighted by Crippen LogP contribution is 2.07. The summed E-state index contributed by atoms with van der Waals surface area (Å²) in [5.74, 6) is 6.21. The molecule has 0 saturated heterocycles. The molecule has 1 rings (SSSR count). The van der Waals surface area contributed by atoms with Crippen LogP contribution in [-0.4, -0.2) is 11.7 Å². The van der Waals surface area contributed by atoms with E-state index < -0.39 is 0 Å². The maximum absolute atomic E-state index is 9.31. The zero-order valence-electron chi connectivity index (χ0n) is 12.1. The van der Waals surface area contributed by atoms with Crippen LogP contribution in [0, 0.1) is 11.8 Å². The third-order valence-electron chi connectivity index (χ3n) is 3.02. The highest BCUT2D eigenvalue weighted by atomic mass is 16.3. The van der Waals surface area contributed by atoms with E-state index in [4.69, 9.17) is 0 Å². The van der Waals surface area contributed by atoms with Crippen LogP contribution in [0.2, 0.25) is 0 Å². The molecule has 0 spiro atoms. The van der Waals surface area contributed by atoms with Crippen molar-refractivity contribution in [3.8, 4) is 11.8 Å². The Hall–Kier alpha value is -1.78. The van der Waals surface area contributed by atoms with Crippen molar-refractivity contribution in [1.82, 2.24) is 0 Å². The van der Waals surface area contributed by atoms with E-state index in [1.54, 1.807) is 0 Å². The SMILES string of the molecule is C=CCCCCCCC#C/C(=C\c1ccccc1)CO. The second kappa shape index (κ2) is 11.1. The van der Waals surface area contributed by atoms with Crippen molar-refractivity contribution < 1.29 is 5.11 Å². The van der Waals surface area contributed by atoms with Crippen molar-refractivity contribution in [1.29, 1.82) is 0 Å². The van der Waals surface area contributed by atoms with Crippen molar-refractivity contribution in [2.45, 2.75) is 38.5 Å². The summed E-state index contributed by atoms with van der Waals surface area (Å²) < 4.78 is 0. The van der Waals surface area contributed by atoms with E-state index in [-0.39, 0.29) is 6.61 Å². The molecular weight excluding hydrogens is 244 g/mol. The summed E-state index contributed by atoms with van der Waals surface area (Å²) in [5, 5.41) is 9.31. The Balaban J connectivity index is 2.32. The van der Waals surface area contributed by atoms with Gasteiger partial charge in [0.05, 0.1) is 6.61 Å². The lowest BCUT2D eigenvalue weighted by molar-refractivity contribution is 0.337. The molecule has 0 fully saturated rings. The smallest absolute Gasteiger partial charge is 0.0760 e. The highest BCUT2D eigenvalue weighted by molar-refractivity contribution is 5.58. The minimum atomic E-state index is 0.00122. The number of rotatable bonds is 8. The second-order valence-electron chi connectivity index (χ2n) is 4.78. The first-order chi connectivity index (χ1) is 9.86. The number of aliphatic hydroxyl groups excluding tert-OH is 1. The molecule has 1 aromatic carbocycles. The molecule has 0 aliphatic carbocycles. The van der Waals surface area contributed by atoms with E-state index in [0.717, 1.165) is 30.4 Å². The van der Waals surface area contributed by atoms with Gasteiger partial charge in [0.1, 0.15) is 0 Å². The molecule has 0 aliphatic rings. The summed E-state index contributed by atoms with van der Waals surface area (Å²) in [4.78, 5) is 0. The monoisotopic (exact) mass is 268 g/mol.